The fraction of sp³-hybridized carbons (Fsp3) is 0.333. The zero-order valence-corrected chi connectivity index (χ0v) is 16.4. The van der Waals surface area contributed by atoms with Crippen LogP contribution in [0.1, 0.15) is 34.1 Å². The van der Waals surface area contributed by atoms with Crippen molar-refractivity contribution in [1.29, 1.82) is 0 Å². The number of halogens is 1. The van der Waals surface area contributed by atoms with Crippen molar-refractivity contribution in [1.82, 2.24) is 0 Å². The maximum absolute atomic E-state index is 3.67. The molecule has 1 heterocycles. The molecule has 1 unspecified atom stereocenters. The maximum atomic E-state index is 3.67. The van der Waals surface area contributed by atoms with Crippen LogP contribution >= 0.6 is 27.7 Å². The summed E-state index contributed by atoms with van der Waals surface area (Å²) in [4.78, 5) is 0. The Morgan fingerprint density at radius 3 is 2.65 bits per heavy atom. The van der Waals surface area contributed by atoms with Crippen LogP contribution in [-0.4, -0.2) is 5.25 Å². The molecule has 0 spiro atoms. The van der Waals surface area contributed by atoms with E-state index in [4.69, 9.17) is 0 Å². The largest absolute Gasteiger partial charge is 0.106 e. The van der Waals surface area contributed by atoms with Crippen molar-refractivity contribution < 1.29 is 0 Å². The number of allylic oxidation sites excluding steroid dienone is 11. The lowest BCUT2D eigenvalue weighted by atomic mass is 9.71. The Morgan fingerprint density at radius 2 is 1.96 bits per heavy atom. The summed E-state index contributed by atoms with van der Waals surface area (Å²) in [6.45, 7) is 9.32. The Morgan fingerprint density at radius 1 is 1.17 bits per heavy atom. The number of hydrogen-bond acceptors (Lipinski definition) is 1. The molecule has 0 aromatic heterocycles. The molecule has 118 valence electrons. The summed E-state index contributed by atoms with van der Waals surface area (Å²) < 4.78 is 1.25. The van der Waals surface area contributed by atoms with Crippen molar-refractivity contribution in [3.63, 3.8) is 0 Å². The Balaban J connectivity index is 1.79. The highest BCUT2D eigenvalue weighted by molar-refractivity contribution is 9.14. The normalized spacial score (nSPS) is 26.2. The lowest BCUT2D eigenvalue weighted by molar-refractivity contribution is 0.536. The molecule has 2 heteroatoms. The molecule has 3 aliphatic carbocycles. The summed E-state index contributed by atoms with van der Waals surface area (Å²) in [5, 5.41) is 0.462. The molecule has 4 rings (SSSR count). The molecule has 0 aromatic carbocycles. The topological polar surface area (TPSA) is 0 Å². The van der Waals surface area contributed by atoms with Gasteiger partial charge in [-0.2, -0.15) is 0 Å². The zero-order chi connectivity index (χ0) is 16.4. The molecule has 0 saturated carbocycles. The lowest BCUT2D eigenvalue weighted by Crippen LogP contribution is -2.21. The first-order valence-corrected chi connectivity index (χ1v) is 9.83. The number of rotatable bonds is 2. The Kier molecular flexibility index (Phi) is 3.55. The summed E-state index contributed by atoms with van der Waals surface area (Å²) in [5.41, 5.74) is 10.4. The predicted octanol–water partition coefficient (Wildman–Crippen LogP) is 6.76. The maximum Gasteiger partial charge on any atom is 0.0542 e. The van der Waals surface area contributed by atoms with Crippen LogP contribution in [0.3, 0.4) is 0 Å². The number of hydrogen-bond donors (Lipinski definition) is 0. The molecule has 0 aromatic rings. The summed E-state index contributed by atoms with van der Waals surface area (Å²) in [7, 11) is 0. The third-order valence-electron chi connectivity index (χ3n) is 5.48. The molecule has 0 nitrogen and oxygen atoms in total. The molecule has 1 aliphatic heterocycles. The van der Waals surface area contributed by atoms with Gasteiger partial charge in [-0.05, 0) is 75.7 Å². The van der Waals surface area contributed by atoms with Crippen molar-refractivity contribution in [2.45, 2.75) is 39.4 Å². The van der Waals surface area contributed by atoms with Gasteiger partial charge in [-0.25, -0.2) is 0 Å². The van der Waals surface area contributed by atoms with Crippen molar-refractivity contribution in [2.75, 3.05) is 0 Å². The highest BCUT2D eigenvalue weighted by atomic mass is 79.9. The van der Waals surface area contributed by atoms with E-state index in [1.54, 1.807) is 0 Å². The van der Waals surface area contributed by atoms with Crippen molar-refractivity contribution in [3.05, 3.63) is 79.3 Å². The first-order chi connectivity index (χ1) is 10.9. The molecule has 0 radical (unpaired) electrons. The van der Waals surface area contributed by atoms with Crippen molar-refractivity contribution in [2.24, 2.45) is 5.41 Å². The van der Waals surface area contributed by atoms with Crippen LogP contribution in [0.5, 0.6) is 0 Å². The molecule has 0 amide bonds. The second kappa shape index (κ2) is 5.26. The standard InChI is InChI=1S/C21H21BrS/c1-12-9-15-13(2)16-11-19(22)23-18(16)10-17(15)20(12)21(3,4)14-7-5-6-8-14/h5-7,9-11,18H,8H2,1-4H3. The highest BCUT2D eigenvalue weighted by Crippen LogP contribution is 2.54. The van der Waals surface area contributed by atoms with Gasteiger partial charge in [0.2, 0.25) is 0 Å². The van der Waals surface area contributed by atoms with Crippen LogP contribution in [0, 0.1) is 5.41 Å². The van der Waals surface area contributed by atoms with Gasteiger partial charge < -0.3 is 0 Å². The van der Waals surface area contributed by atoms with Gasteiger partial charge in [0, 0.05) is 5.41 Å². The van der Waals surface area contributed by atoms with E-state index >= 15 is 0 Å². The second-order valence-electron chi connectivity index (χ2n) is 7.21. The summed E-state index contributed by atoms with van der Waals surface area (Å²) in [6, 6.07) is 0. The van der Waals surface area contributed by atoms with Crippen LogP contribution in [0.25, 0.3) is 0 Å². The number of thioether (sulfide) groups is 1. The zero-order valence-electron chi connectivity index (χ0n) is 14.0. The SMILES string of the molecule is CC1=C(C(C)(C)C2=CC=CC2)C2=CC3SC(Br)=CC3=C(C)C2=C1. The van der Waals surface area contributed by atoms with Crippen LogP contribution in [0.4, 0.5) is 0 Å². The average Bonchev–Trinajstić information content (AvgIpc) is 3.17. The van der Waals surface area contributed by atoms with Gasteiger partial charge in [0.1, 0.15) is 0 Å². The minimum atomic E-state index is 0.0867. The third kappa shape index (κ3) is 2.26. The van der Waals surface area contributed by atoms with Gasteiger partial charge in [-0.3, -0.25) is 0 Å². The number of fused-ring (bicyclic) bond motifs is 2. The van der Waals surface area contributed by atoms with E-state index in [1.807, 2.05) is 11.8 Å². The molecule has 0 fully saturated rings. The summed E-state index contributed by atoms with van der Waals surface area (Å²) >= 11 is 5.58. The predicted molar refractivity (Wildman–Crippen MR) is 106 cm³/mol. The second-order valence-corrected chi connectivity index (χ2v) is 9.78. The molecular formula is C21H21BrS. The summed E-state index contributed by atoms with van der Waals surface area (Å²) in [5.74, 6) is 0. The van der Waals surface area contributed by atoms with Gasteiger partial charge in [0.15, 0.2) is 0 Å². The van der Waals surface area contributed by atoms with Crippen molar-refractivity contribution in [3.8, 4) is 0 Å². The minimum absolute atomic E-state index is 0.0867. The molecule has 0 N–H and O–H groups in total. The Hall–Kier alpha value is -0.990. The fourth-order valence-electron chi connectivity index (χ4n) is 4.27. The van der Waals surface area contributed by atoms with Gasteiger partial charge in [-0.15, -0.1) is 11.8 Å². The van der Waals surface area contributed by atoms with E-state index in [0.717, 1.165) is 6.42 Å². The van der Waals surface area contributed by atoms with Crippen LogP contribution in [0.2, 0.25) is 0 Å². The molecule has 0 bridgehead atoms. The van der Waals surface area contributed by atoms with Gasteiger partial charge in [0.25, 0.3) is 0 Å². The van der Waals surface area contributed by atoms with Gasteiger partial charge >= 0.3 is 0 Å². The summed E-state index contributed by atoms with van der Waals surface area (Å²) in [6.07, 6.45) is 15.0. The molecule has 23 heavy (non-hydrogen) atoms. The molecule has 1 atom stereocenters. The van der Waals surface area contributed by atoms with Crippen LogP contribution in [0.15, 0.2) is 79.3 Å². The van der Waals surface area contributed by atoms with E-state index < -0.39 is 0 Å². The third-order valence-corrected chi connectivity index (χ3v) is 7.26. The van der Waals surface area contributed by atoms with E-state index in [0.29, 0.717) is 5.25 Å². The first kappa shape index (κ1) is 15.5. The smallest absolute Gasteiger partial charge is 0.0542 e. The quantitative estimate of drug-likeness (QED) is 0.506. The first-order valence-electron chi connectivity index (χ1n) is 8.16. The van der Waals surface area contributed by atoms with Gasteiger partial charge in [0.05, 0.1) is 9.06 Å². The average molecular weight is 385 g/mol. The van der Waals surface area contributed by atoms with Gasteiger partial charge in [-0.1, -0.05) is 49.8 Å². The molecular weight excluding hydrogens is 364 g/mol. The Bertz CT molecular complexity index is 822. The van der Waals surface area contributed by atoms with E-state index in [1.165, 1.54) is 42.8 Å². The van der Waals surface area contributed by atoms with E-state index in [9.17, 15) is 0 Å². The van der Waals surface area contributed by atoms with Crippen LogP contribution in [-0.2, 0) is 0 Å². The fourth-order valence-corrected chi connectivity index (χ4v) is 6.14. The Labute approximate surface area is 151 Å². The highest BCUT2D eigenvalue weighted by Gasteiger charge is 2.39. The minimum Gasteiger partial charge on any atom is -0.106 e. The van der Waals surface area contributed by atoms with Crippen molar-refractivity contribution >= 4 is 27.7 Å². The molecule has 0 saturated heterocycles. The van der Waals surface area contributed by atoms with Crippen LogP contribution < -0.4 is 0 Å². The monoisotopic (exact) mass is 384 g/mol. The van der Waals surface area contributed by atoms with E-state index in [-0.39, 0.29) is 5.41 Å². The van der Waals surface area contributed by atoms with E-state index in [2.05, 4.69) is 80.1 Å². The molecule has 4 aliphatic rings. The lowest BCUT2D eigenvalue weighted by Gasteiger charge is -2.33.